The summed E-state index contributed by atoms with van der Waals surface area (Å²) in [6.07, 6.45) is 13.1. The molecule has 0 amide bonds. The molecule has 0 bridgehead atoms. The average Bonchev–Trinajstić information content (AvgIpc) is 2.73. The fraction of sp³-hybridized carbons (Fsp3) is 0.577. The van der Waals surface area contributed by atoms with Crippen LogP contribution in [0.25, 0.3) is 11.3 Å². The van der Waals surface area contributed by atoms with E-state index in [-0.39, 0.29) is 5.82 Å². The predicted molar refractivity (Wildman–Crippen MR) is 117 cm³/mol. The molecule has 28 heavy (non-hydrogen) atoms. The molecule has 1 saturated carbocycles. The molecule has 3 rings (SSSR count). The van der Waals surface area contributed by atoms with Crippen LogP contribution in [0.3, 0.4) is 0 Å². The molecule has 1 heterocycles. The van der Waals surface area contributed by atoms with E-state index >= 15 is 0 Å². The number of benzene rings is 1. The SMILES string of the molecule is CCCC(C)[C@@H]1CCCC[C@H]1CCc1ccc(-c2ccc(CC)cn2)c(F)c1. The van der Waals surface area contributed by atoms with Crippen LogP contribution >= 0.6 is 0 Å². The van der Waals surface area contributed by atoms with E-state index in [1.165, 1.54) is 50.5 Å². The molecule has 1 unspecified atom stereocenters. The lowest BCUT2D eigenvalue weighted by Gasteiger charge is -2.36. The van der Waals surface area contributed by atoms with Crippen molar-refractivity contribution in [3.05, 3.63) is 53.5 Å². The Kier molecular flexibility index (Phi) is 7.65. The van der Waals surface area contributed by atoms with Crippen molar-refractivity contribution in [2.75, 3.05) is 0 Å². The molecule has 0 aliphatic heterocycles. The van der Waals surface area contributed by atoms with Crippen LogP contribution in [-0.4, -0.2) is 4.98 Å². The van der Waals surface area contributed by atoms with Gasteiger partial charge in [0.25, 0.3) is 0 Å². The van der Waals surface area contributed by atoms with E-state index in [1.54, 1.807) is 6.07 Å². The third-order valence-corrected chi connectivity index (χ3v) is 6.79. The smallest absolute Gasteiger partial charge is 0.132 e. The molecule has 0 spiro atoms. The Balaban J connectivity index is 1.65. The topological polar surface area (TPSA) is 12.9 Å². The van der Waals surface area contributed by atoms with Gasteiger partial charge in [-0.25, -0.2) is 4.39 Å². The minimum absolute atomic E-state index is 0.145. The first-order valence-electron chi connectivity index (χ1n) is 11.4. The summed E-state index contributed by atoms with van der Waals surface area (Å²) in [7, 11) is 0. The molecule has 2 heteroatoms. The number of hydrogen-bond acceptors (Lipinski definition) is 1. The van der Waals surface area contributed by atoms with Gasteiger partial charge in [0, 0.05) is 11.8 Å². The summed E-state index contributed by atoms with van der Waals surface area (Å²) in [5, 5.41) is 0. The zero-order valence-corrected chi connectivity index (χ0v) is 17.9. The number of nitrogens with zero attached hydrogens (tertiary/aromatic N) is 1. The highest BCUT2D eigenvalue weighted by atomic mass is 19.1. The first kappa shape index (κ1) is 21.0. The summed E-state index contributed by atoms with van der Waals surface area (Å²) in [5.74, 6) is 2.35. The van der Waals surface area contributed by atoms with Gasteiger partial charge < -0.3 is 0 Å². The zero-order valence-electron chi connectivity index (χ0n) is 17.9. The van der Waals surface area contributed by atoms with Gasteiger partial charge in [-0.2, -0.15) is 0 Å². The monoisotopic (exact) mass is 381 g/mol. The van der Waals surface area contributed by atoms with Gasteiger partial charge in [-0.15, -0.1) is 0 Å². The second-order valence-corrected chi connectivity index (χ2v) is 8.73. The van der Waals surface area contributed by atoms with Gasteiger partial charge in [-0.1, -0.05) is 65.0 Å². The molecule has 0 radical (unpaired) electrons. The Labute approximate surface area is 170 Å². The lowest BCUT2D eigenvalue weighted by molar-refractivity contribution is 0.154. The van der Waals surface area contributed by atoms with Gasteiger partial charge in [-0.3, -0.25) is 4.98 Å². The first-order chi connectivity index (χ1) is 13.6. The highest BCUT2D eigenvalue weighted by molar-refractivity contribution is 5.60. The molecule has 1 aromatic heterocycles. The third kappa shape index (κ3) is 5.21. The van der Waals surface area contributed by atoms with Crippen molar-refractivity contribution in [2.45, 2.75) is 78.6 Å². The van der Waals surface area contributed by atoms with Crippen molar-refractivity contribution in [3.63, 3.8) is 0 Å². The summed E-state index contributed by atoms with van der Waals surface area (Å²) in [5.41, 5.74) is 3.64. The Morgan fingerprint density at radius 2 is 1.86 bits per heavy atom. The second kappa shape index (κ2) is 10.2. The number of pyridine rings is 1. The molecule has 3 atom stereocenters. The summed E-state index contributed by atoms with van der Waals surface area (Å²) >= 11 is 0. The molecular weight excluding hydrogens is 345 g/mol. The van der Waals surface area contributed by atoms with Crippen LogP contribution in [0.4, 0.5) is 4.39 Å². The van der Waals surface area contributed by atoms with Gasteiger partial charge in [0.05, 0.1) is 5.69 Å². The zero-order chi connectivity index (χ0) is 19.9. The number of rotatable bonds is 8. The van der Waals surface area contributed by atoms with Gasteiger partial charge >= 0.3 is 0 Å². The molecule has 1 aliphatic rings. The van der Waals surface area contributed by atoms with E-state index in [0.717, 1.165) is 41.9 Å². The maximum absolute atomic E-state index is 14.7. The molecule has 1 aliphatic carbocycles. The van der Waals surface area contributed by atoms with Crippen molar-refractivity contribution in [1.82, 2.24) is 4.98 Å². The third-order valence-electron chi connectivity index (χ3n) is 6.79. The van der Waals surface area contributed by atoms with Crippen LogP contribution in [0.5, 0.6) is 0 Å². The van der Waals surface area contributed by atoms with Crippen molar-refractivity contribution in [1.29, 1.82) is 0 Å². The lowest BCUT2D eigenvalue weighted by Crippen LogP contribution is -2.26. The highest BCUT2D eigenvalue weighted by Crippen LogP contribution is 2.39. The summed E-state index contributed by atoms with van der Waals surface area (Å²) in [6.45, 7) is 6.84. The summed E-state index contributed by atoms with van der Waals surface area (Å²) in [6, 6.07) is 9.71. The van der Waals surface area contributed by atoms with E-state index in [4.69, 9.17) is 0 Å². The molecule has 0 N–H and O–H groups in total. The Morgan fingerprint density at radius 1 is 1.07 bits per heavy atom. The summed E-state index contributed by atoms with van der Waals surface area (Å²) < 4.78 is 14.7. The van der Waals surface area contributed by atoms with Gasteiger partial charge in [-0.05, 0) is 72.8 Å². The van der Waals surface area contributed by atoms with Crippen LogP contribution in [-0.2, 0) is 12.8 Å². The van der Waals surface area contributed by atoms with Gasteiger partial charge in [0.15, 0.2) is 0 Å². The van der Waals surface area contributed by atoms with Crippen molar-refractivity contribution >= 4 is 0 Å². The molecule has 1 fully saturated rings. The fourth-order valence-electron chi connectivity index (χ4n) is 5.08. The number of hydrogen-bond donors (Lipinski definition) is 0. The molecule has 1 aromatic carbocycles. The van der Waals surface area contributed by atoms with Crippen LogP contribution in [0, 0.1) is 23.6 Å². The Bertz CT molecular complexity index is 737. The van der Waals surface area contributed by atoms with Crippen LogP contribution < -0.4 is 0 Å². The van der Waals surface area contributed by atoms with E-state index in [1.807, 2.05) is 24.4 Å². The van der Waals surface area contributed by atoms with Crippen LogP contribution in [0.1, 0.15) is 76.8 Å². The van der Waals surface area contributed by atoms with Gasteiger partial charge in [0.1, 0.15) is 5.82 Å². The quantitative estimate of drug-likeness (QED) is 0.458. The predicted octanol–water partition coefficient (Wildman–Crippen LogP) is 7.63. The number of aryl methyl sites for hydroxylation is 2. The lowest BCUT2D eigenvalue weighted by atomic mass is 9.70. The van der Waals surface area contributed by atoms with Crippen molar-refractivity contribution < 1.29 is 4.39 Å². The fourth-order valence-corrected chi connectivity index (χ4v) is 5.08. The van der Waals surface area contributed by atoms with Crippen molar-refractivity contribution in [3.8, 4) is 11.3 Å². The van der Waals surface area contributed by atoms with E-state index in [9.17, 15) is 4.39 Å². The Hall–Kier alpha value is -1.70. The Morgan fingerprint density at radius 3 is 2.54 bits per heavy atom. The van der Waals surface area contributed by atoms with E-state index < -0.39 is 0 Å². The minimum atomic E-state index is -0.145. The molecule has 1 nitrogen and oxygen atoms in total. The maximum atomic E-state index is 14.7. The molecule has 2 aromatic rings. The molecular formula is C26H36FN. The van der Waals surface area contributed by atoms with E-state index in [0.29, 0.717) is 5.56 Å². The van der Waals surface area contributed by atoms with Crippen LogP contribution in [0.2, 0.25) is 0 Å². The first-order valence-corrected chi connectivity index (χ1v) is 11.4. The highest BCUT2D eigenvalue weighted by Gasteiger charge is 2.28. The average molecular weight is 382 g/mol. The molecule has 0 saturated heterocycles. The normalized spacial score (nSPS) is 20.9. The minimum Gasteiger partial charge on any atom is -0.256 e. The van der Waals surface area contributed by atoms with Crippen LogP contribution in [0.15, 0.2) is 36.5 Å². The number of halogens is 1. The summed E-state index contributed by atoms with van der Waals surface area (Å²) in [4.78, 5) is 4.44. The van der Waals surface area contributed by atoms with Gasteiger partial charge in [0.2, 0.25) is 0 Å². The number of aromatic nitrogens is 1. The standard InChI is InChI=1S/C26H36FN/c1-4-8-19(3)23-10-7-6-9-22(23)14-11-21-12-15-24(25(27)17-21)26-16-13-20(5-2)18-28-26/h12-13,15-19,22-23H,4-11,14H2,1-3H3/t19?,22-,23-/m0/s1. The second-order valence-electron chi connectivity index (χ2n) is 8.73. The maximum Gasteiger partial charge on any atom is 0.132 e. The van der Waals surface area contributed by atoms with E-state index in [2.05, 4.69) is 31.8 Å². The largest absolute Gasteiger partial charge is 0.256 e. The molecule has 152 valence electrons. The van der Waals surface area contributed by atoms with Crippen molar-refractivity contribution in [2.24, 2.45) is 17.8 Å².